The fourth-order valence-corrected chi connectivity index (χ4v) is 2.16. The molecule has 0 amide bonds. The van der Waals surface area contributed by atoms with E-state index < -0.39 is 0 Å². The monoisotopic (exact) mass is 301 g/mol. The molecule has 0 saturated carbocycles. The van der Waals surface area contributed by atoms with Crippen LogP contribution in [0.4, 0.5) is 0 Å². The molecule has 0 aliphatic heterocycles. The van der Waals surface area contributed by atoms with Crippen LogP contribution in [0.1, 0.15) is 5.82 Å². The number of nitrogens with one attached hydrogen (secondary N) is 2. The summed E-state index contributed by atoms with van der Waals surface area (Å²) >= 11 is 0. The number of aliphatic imine (C=N–C) groups is 1. The second-order valence-electron chi connectivity index (χ2n) is 4.93. The van der Waals surface area contributed by atoms with Gasteiger partial charge in [-0.15, -0.1) is 0 Å². The predicted octanol–water partition coefficient (Wildman–Crippen LogP) is 1.73. The lowest BCUT2D eigenvalue weighted by Crippen LogP contribution is -2.40. The zero-order chi connectivity index (χ0) is 15.8. The Kier molecular flexibility index (Phi) is 5.97. The quantitative estimate of drug-likeness (QED) is 0.484. The number of ether oxygens (including phenoxy) is 1. The lowest BCUT2D eigenvalue weighted by molar-refractivity contribution is 0.203. The van der Waals surface area contributed by atoms with Gasteiger partial charge in [-0.3, -0.25) is 4.99 Å². The molecule has 0 atom stereocenters. The van der Waals surface area contributed by atoms with Gasteiger partial charge in [-0.05, 0) is 5.56 Å². The van der Waals surface area contributed by atoms with Gasteiger partial charge in [0, 0.05) is 27.7 Å². The molecule has 1 heterocycles. The number of aromatic amines is 1. The van der Waals surface area contributed by atoms with Gasteiger partial charge in [-0.1, -0.05) is 30.3 Å². The van der Waals surface area contributed by atoms with E-state index in [1.165, 1.54) is 0 Å². The summed E-state index contributed by atoms with van der Waals surface area (Å²) < 4.78 is 5.03. The van der Waals surface area contributed by atoms with E-state index in [0.717, 1.165) is 29.6 Å². The Balaban J connectivity index is 1.97. The van der Waals surface area contributed by atoms with Gasteiger partial charge in [0.05, 0.1) is 25.0 Å². The molecule has 1 aromatic heterocycles. The van der Waals surface area contributed by atoms with Crippen molar-refractivity contribution in [2.75, 3.05) is 34.4 Å². The molecule has 6 heteroatoms. The van der Waals surface area contributed by atoms with E-state index in [4.69, 9.17) is 4.74 Å². The zero-order valence-electron chi connectivity index (χ0n) is 13.3. The first-order chi connectivity index (χ1) is 10.7. The fraction of sp³-hybridized carbons (Fsp3) is 0.375. The van der Waals surface area contributed by atoms with Crippen LogP contribution in [0.2, 0.25) is 0 Å². The van der Waals surface area contributed by atoms with Crippen LogP contribution in [0.15, 0.2) is 41.5 Å². The molecular formula is C16H23N5O. The van der Waals surface area contributed by atoms with Crippen molar-refractivity contribution in [3.63, 3.8) is 0 Å². The highest BCUT2D eigenvalue weighted by atomic mass is 16.5. The summed E-state index contributed by atoms with van der Waals surface area (Å²) in [6.07, 6.45) is 1.86. The van der Waals surface area contributed by atoms with E-state index in [1.807, 2.05) is 36.3 Å². The average Bonchev–Trinajstić information content (AvgIpc) is 3.01. The standard InChI is InChI=1S/C16H23N5O/c1-17-16(18-9-10-22-3)21(2)12-15-19-11-14(20-15)13-7-5-4-6-8-13/h4-8,11H,9-10,12H2,1-3H3,(H,17,18)(H,19,20). The molecule has 0 fully saturated rings. The Morgan fingerprint density at radius 1 is 1.36 bits per heavy atom. The van der Waals surface area contributed by atoms with Crippen LogP contribution in [-0.4, -0.2) is 55.2 Å². The SMILES string of the molecule is CN=C(NCCOC)N(C)Cc1ncc(-c2ccccc2)[nH]1. The molecule has 2 rings (SSSR count). The van der Waals surface area contributed by atoms with Crippen LogP contribution in [0.3, 0.4) is 0 Å². The second-order valence-corrected chi connectivity index (χ2v) is 4.93. The zero-order valence-corrected chi connectivity index (χ0v) is 13.3. The predicted molar refractivity (Wildman–Crippen MR) is 88.7 cm³/mol. The molecule has 0 bridgehead atoms. The van der Waals surface area contributed by atoms with Gasteiger partial charge in [-0.2, -0.15) is 0 Å². The van der Waals surface area contributed by atoms with Crippen molar-refractivity contribution in [3.8, 4) is 11.3 Å². The van der Waals surface area contributed by atoms with Crippen LogP contribution in [0, 0.1) is 0 Å². The molecule has 0 saturated heterocycles. The number of methoxy groups -OCH3 is 1. The van der Waals surface area contributed by atoms with Gasteiger partial charge in [0.25, 0.3) is 0 Å². The molecule has 22 heavy (non-hydrogen) atoms. The Morgan fingerprint density at radius 3 is 2.82 bits per heavy atom. The number of H-pyrrole nitrogens is 1. The lowest BCUT2D eigenvalue weighted by Gasteiger charge is -2.20. The maximum absolute atomic E-state index is 5.03. The molecule has 2 aromatic rings. The molecular weight excluding hydrogens is 278 g/mol. The van der Waals surface area contributed by atoms with Gasteiger partial charge in [-0.25, -0.2) is 4.98 Å². The third kappa shape index (κ3) is 4.33. The van der Waals surface area contributed by atoms with Gasteiger partial charge < -0.3 is 19.9 Å². The van der Waals surface area contributed by atoms with Gasteiger partial charge in [0.2, 0.25) is 0 Å². The van der Waals surface area contributed by atoms with E-state index in [0.29, 0.717) is 13.2 Å². The van der Waals surface area contributed by atoms with Crippen molar-refractivity contribution >= 4 is 5.96 Å². The van der Waals surface area contributed by atoms with Crippen molar-refractivity contribution in [2.24, 2.45) is 4.99 Å². The maximum atomic E-state index is 5.03. The Bertz CT molecular complexity index is 594. The number of benzene rings is 1. The summed E-state index contributed by atoms with van der Waals surface area (Å²) in [4.78, 5) is 14.1. The molecule has 118 valence electrons. The van der Waals surface area contributed by atoms with E-state index >= 15 is 0 Å². The summed E-state index contributed by atoms with van der Waals surface area (Å²) in [6.45, 7) is 2.02. The summed E-state index contributed by atoms with van der Waals surface area (Å²) in [5.41, 5.74) is 2.15. The highest BCUT2D eigenvalue weighted by Crippen LogP contribution is 2.16. The molecule has 0 aliphatic rings. The normalized spacial score (nSPS) is 11.5. The molecule has 1 aromatic carbocycles. The number of guanidine groups is 1. The topological polar surface area (TPSA) is 65.5 Å². The molecule has 6 nitrogen and oxygen atoms in total. The summed E-state index contributed by atoms with van der Waals surface area (Å²) in [5.74, 6) is 1.71. The fourth-order valence-electron chi connectivity index (χ4n) is 2.16. The Morgan fingerprint density at radius 2 is 2.14 bits per heavy atom. The maximum Gasteiger partial charge on any atom is 0.193 e. The van der Waals surface area contributed by atoms with E-state index in [2.05, 4.69) is 32.4 Å². The number of hydrogen-bond acceptors (Lipinski definition) is 3. The Hall–Kier alpha value is -2.34. The summed E-state index contributed by atoms with van der Waals surface area (Å²) in [6, 6.07) is 10.2. The third-order valence-corrected chi connectivity index (χ3v) is 3.26. The first-order valence-electron chi connectivity index (χ1n) is 7.24. The number of hydrogen-bond donors (Lipinski definition) is 2. The highest BCUT2D eigenvalue weighted by molar-refractivity contribution is 5.79. The van der Waals surface area contributed by atoms with Crippen LogP contribution >= 0.6 is 0 Å². The van der Waals surface area contributed by atoms with Crippen LogP contribution < -0.4 is 5.32 Å². The van der Waals surface area contributed by atoms with Crippen molar-refractivity contribution in [1.82, 2.24) is 20.2 Å². The van der Waals surface area contributed by atoms with Gasteiger partial charge in [0.15, 0.2) is 5.96 Å². The molecule has 0 spiro atoms. The summed E-state index contributed by atoms with van der Waals surface area (Å²) in [5, 5.41) is 3.24. The minimum Gasteiger partial charge on any atom is -0.383 e. The van der Waals surface area contributed by atoms with Crippen molar-refractivity contribution in [3.05, 3.63) is 42.4 Å². The molecule has 0 unspecified atom stereocenters. The first-order valence-corrected chi connectivity index (χ1v) is 7.24. The highest BCUT2D eigenvalue weighted by Gasteiger charge is 2.09. The van der Waals surface area contributed by atoms with Crippen molar-refractivity contribution in [1.29, 1.82) is 0 Å². The molecule has 0 aliphatic carbocycles. The average molecular weight is 301 g/mol. The minimum absolute atomic E-state index is 0.645. The number of nitrogens with zero attached hydrogens (tertiary/aromatic N) is 3. The van der Waals surface area contributed by atoms with Crippen LogP contribution in [-0.2, 0) is 11.3 Å². The van der Waals surface area contributed by atoms with Crippen molar-refractivity contribution in [2.45, 2.75) is 6.54 Å². The number of imidazole rings is 1. The smallest absolute Gasteiger partial charge is 0.193 e. The van der Waals surface area contributed by atoms with Gasteiger partial charge >= 0.3 is 0 Å². The van der Waals surface area contributed by atoms with E-state index in [1.54, 1.807) is 14.2 Å². The molecule has 2 N–H and O–H groups in total. The molecule has 0 radical (unpaired) electrons. The van der Waals surface area contributed by atoms with Gasteiger partial charge in [0.1, 0.15) is 5.82 Å². The lowest BCUT2D eigenvalue weighted by atomic mass is 10.2. The number of aromatic nitrogens is 2. The van der Waals surface area contributed by atoms with Crippen molar-refractivity contribution < 1.29 is 4.74 Å². The first kappa shape index (κ1) is 16.0. The second kappa shape index (κ2) is 8.19. The van der Waals surface area contributed by atoms with Crippen LogP contribution in [0.25, 0.3) is 11.3 Å². The summed E-state index contributed by atoms with van der Waals surface area (Å²) in [7, 11) is 5.43. The number of rotatable bonds is 6. The minimum atomic E-state index is 0.645. The largest absolute Gasteiger partial charge is 0.383 e. The van der Waals surface area contributed by atoms with E-state index in [9.17, 15) is 0 Å². The Labute approximate surface area is 131 Å². The van der Waals surface area contributed by atoms with E-state index in [-0.39, 0.29) is 0 Å². The van der Waals surface area contributed by atoms with Crippen LogP contribution in [0.5, 0.6) is 0 Å². The third-order valence-electron chi connectivity index (χ3n) is 3.26.